The molecule has 0 atom stereocenters. The van der Waals surface area contributed by atoms with Crippen molar-refractivity contribution in [1.29, 1.82) is 0 Å². The first-order valence-electron chi connectivity index (χ1n) is 6.36. The topological polar surface area (TPSA) is 21.3 Å². The highest BCUT2D eigenvalue weighted by Crippen LogP contribution is 2.13. The molecule has 4 heteroatoms. The van der Waals surface area contributed by atoms with Gasteiger partial charge in [-0.3, -0.25) is 0 Å². The highest BCUT2D eigenvalue weighted by atomic mass is 20.0. The minimum atomic E-state index is 0.835. The average Bonchev–Trinajstić information content (AvgIpc) is 2.42. The van der Waals surface area contributed by atoms with Crippen LogP contribution in [0, 0.1) is 6.92 Å². The van der Waals surface area contributed by atoms with Crippen molar-refractivity contribution in [2.75, 3.05) is 25.1 Å². The van der Waals surface area contributed by atoms with Crippen molar-refractivity contribution in [3.63, 3.8) is 0 Å². The van der Waals surface area contributed by atoms with E-state index in [0.29, 0.717) is 0 Å². The zero-order valence-corrected chi connectivity index (χ0v) is 11.2. The number of unbranched alkanes of at least 4 members (excludes halogenated alkanes) is 2. The van der Waals surface area contributed by atoms with E-state index in [4.69, 9.17) is 13.9 Å². The zero-order chi connectivity index (χ0) is 13.6. The Bertz CT molecular complexity index is 295. The number of halogens is 2. The first-order valence-corrected chi connectivity index (χ1v) is 6.36. The second kappa shape index (κ2) is 12.3. The van der Waals surface area contributed by atoms with Crippen LogP contribution in [0.15, 0.2) is 24.3 Å². The third kappa shape index (κ3) is 8.01. The van der Waals surface area contributed by atoms with Crippen LogP contribution in [-0.4, -0.2) is 19.8 Å². The quantitative estimate of drug-likeness (QED) is 0.696. The molecule has 1 rings (SSSR count). The lowest BCUT2D eigenvalue weighted by Crippen LogP contribution is -2.03. The lowest BCUT2D eigenvalue weighted by Gasteiger charge is -2.08. The molecule has 0 radical (unpaired) electrons. The predicted octanol–water partition coefficient (Wildman–Crippen LogP) is 4.45. The van der Waals surface area contributed by atoms with Crippen molar-refractivity contribution in [3.8, 4) is 0 Å². The molecule has 18 heavy (non-hydrogen) atoms. The third-order valence-corrected chi connectivity index (χ3v) is 2.63. The normalized spacial score (nSPS) is 9.56. The van der Waals surface area contributed by atoms with Crippen molar-refractivity contribution in [2.24, 2.45) is 0 Å². The van der Waals surface area contributed by atoms with E-state index in [9.17, 15) is 0 Å². The monoisotopic (exact) mass is 259 g/mol. The van der Waals surface area contributed by atoms with Gasteiger partial charge in [0.1, 0.15) is 0 Å². The van der Waals surface area contributed by atoms with Crippen LogP contribution in [0.3, 0.4) is 0 Å². The van der Waals surface area contributed by atoms with Gasteiger partial charge in [-0.2, -0.15) is 0 Å². The van der Waals surface area contributed by atoms with Gasteiger partial charge in [0.15, 0.2) is 0 Å². The number of hydrogen-bond acceptors (Lipinski definition) is 2. The molecule has 104 valence electrons. The highest BCUT2D eigenvalue weighted by Gasteiger charge is 1.95. The summed E-state index contributed by atoms with van der Waals surface area (Å²) in [5, 5.41) is 3.46. The van der Waals surface area contributed by atoms with Crippen LogP contribution in [-0.2, 0) is 4.74 Å². The van der Waals surface area contributed by atoms with E-state index in [-0.39, 0.29) is 0 Å². The molecular formula is C14H23F2NO. The molecule has 0 amide bonds. The number of rotatable bonds is 8. The molecule has 0 spiro atoms. The molecule has 1 aromatic carbocycles. The number of ether oxygens (including phenoxy) is 1. The molecule has 1 N–H and O–H groups in total. The van der Waals surface area contributed by atoms with Gasteiger partial charge in [-0.1, -0.05) is 18.2 Å². The Kier molecular flexibility index (Phi) is 11.5. The number of hydrogen-bond donors (Lipinski definition) is 1. The minimum absolute atomic E-state index is 0.835. The third-order valence-electron chi connectivity index (χ3n) is 2.63. The van der Waals surface area contributed by atoms with Crippen LogP contribution in [0.5, 0.6) is 0 Å². The summed E-state index contributed by atoms with van der Waals surface area (Å²) in [6.45, 7) is 6.97. The molecule has 0 bridgehead atoms. The van der Waals surface area contributed by atoms with Crippen molar-refractivity contribution in [1.82, 2.24) is 0 Å². The molecule has 0 unspecified atom stereocenters. The molecule has 0 heterocycles. The fourth-order valence-corrected chi connectivity index (χ4v) is 1.64. The molecule has 2 nitrogen and oxygen atoms in total. The Morgan fingerprint density at radius 1 is 1.11 bits per heavy atom. The lowest BCUT2D eigenvalue weighted by atomic mass is 10.2. The largest absolute Gasteiger partial charge is 0.385 e. The van der Waals surface area contributed by atoms with Crippen molar-refractivity contribution >= 4 is 5.69 Å². The Labute approximate surface area is 108 Å². The Morgan fingerprint density at radius 3 is 2.50 bits per heavy atom. The van der Waals surface area contributed by atoms with Gasteiger partial charge in [-0.25, -0.2) is 0 Å². The van der Waals surface area contributed by atoms with E-state index in [1.54, 1.807) is 0 Å². The second-order valence-electron chi connectivity index (χ2n) is 4.00. The summed E-state index contributed by atoms with van der Waals surface area (Å²) in [4.78, 5) is 0. The van der Waals surface area contributed by atoms with Gasteiger partial charge in [0, 0.05) is 34.6 Å². The van der Waals surface area contributed by atoms with Crippen LogP contribution in [0.2, 0.25) is 0 Å². The van der Waals surface area contributed by atoms with E-state index < -0.39 is 0 Å². The van der Waals surface area contributed by atoms with Gasteiger partial charge in [0.05, 0.1) is 0 Å². The van der Waals surface area contributed by atoms with E-state index in [1.807, 2.05) is 6.92 Å². The van der Waals surface area contributed by atoms with Gasteiger partial charge >= 0.3 is 0 Å². The molecule has 0 aliphatic carbocycles. The van der Waals surface area contributed by atoms with Crippen molar-refractivity contribution < 1.29 is 13.9 Å². The maximum atomic E-state index is 8.00. The number of para-hydroxylation sites is 1. The summed E-state index contributed by atoms with van der Waals surface area (Å²) in [6, 6.07) is 8.42. The van der Waals surface area contributed by atoms with E-state index in [0.717, 1.165) is 19.8 Å². The SMILES string of the molecule is CCOCCCCCNc1ccccc1C.FF. The Balaban J connectivity index is 0.00000137. The van der Waals surface area contributed by atoms with Crippen LogP contribution >= 0.6 is 0 Å². The van der Waals surface area contributed by atoms with Crippen LogP contribution in [0.4, 0.5) is 14.8 Å². The molecule has 0 saturated heterocycles. The zero-order valence-electron chi connectivity index (χ0n) is 11.2. The molecule has 1 aromatic rings. The van der Waals surface area contributed by atoms with Gasteiger partial charge in [-0.05, 0) is 44.7 Å². The summed E-state index contributed by atoms with van der Waals surface area (Å²) in [5.74, 6) is 0. The maximum Gasteiger partial charge on any atom is 0.0465 e. The first kappa shape index (κ1) is 16.8. The van der Waals surface area contributed by atoms with E-state index >= 15 is 0 Å². The summed E-state index contributed by atoms with van der Waals surface area (Å²) < 4.78 is 21.3. The standard InChI is InChI=1S/C14H23NO.F2/c1-3-16-12-8-4-7-11-15-14-10-6-5-9-13(14)2;1-2/h5-6,9-10,15H,3-4,7-8,11-12H2,1-2H3;. The van der Waals surface area contributed by atoms with Crippen molar-refractivity contribution in [3.05, 3.63) is 29.8 Å². The summed E-state index contributed by atoms with van der Waals surface area (Å²) in [5.41, 5.74) is 2.57. The molecule has 0 aromatic heterocycles. The van der Waals surface area contributed by atoms with Gasteiger partial charge in [0.25, 0.3) is 0 Å². The summed E-state index contributed by atoms with van der Waals surface area (Å²) >= 11 is 0. The summed E-state index contributed by atoms with van der Waals surface area (Å²) in [7, 11) is 0. The number of anilines is 1. The van der Waals surface area contributed by atoms with Crippen molar-refractivity contribution in [2.45, 2.75) is 33.1 Å². The smallest absolute Gasteiger partial charge is 0.0465 e. The van der Waals surface area contributed by atoms with Gasteiger partial charge in [-0.15, -0.1) is 0 Å². The average molecular weight is 259 g/mol. The number of benzene rings is 1. The predicted molar refractivity (Wildman–Crippen MR) is 72.2 cm³/mol. The maximum absolute atomic E-state index is 8.00. The Morgan fingerprint density at radius 2 is 1.83 bits per heavy atom. The molecular weight excluding hydrogens is 236 g/mol. The fraction of sp³-hybridized carbons (Fsp3) is 0.571. The molecule has 0 aliphatic rings. The van der Waals surface area contributed by atoms with E-state index in [2.05, 4.69) is 36.5 Å². The summed E-state index contributed by atoms with van der Waals surface area (Å²) in [6.07, 6.45) is 3.61. The van der Waals surface area contributed by atoms with Gasteiger partial charge in [0.2, 0.25) is 0 Å². The van der Waals surface area contributed by atoms with Crippen LogP contribution in [0.25, 0.3) is 0 Å². The van der Waals surface area contributed by atoms with E-state index in [1.165, 1.54) is 30.5 Å². The fourth-order valence-electron chi connectivity index (χ4n) is 1.64. The minimum Gasteiger partial charge on any atom is -0.385 e. The number of nitrogens with one attached hydrogen (secondary N) is 1. The Hall–Kier alpha value is -1.16. The molecule has 0 saturated carbocycles. The highest BCUT2D eigenvalue weighted by molar-refractivity contribution is 5.49. The van der Waals surface area contributed by atoms with Gasteiger partial charge < -0.3 is 10.1 Å². The second-order valence-corrected chi connectivity index (χ2v) is 4.00. The number of aryl methyl sites for hydroxylation is 1. The molecule has 0 aliphatic heterocycles. The lowest BCUT2D eigenvalue weighted by molar-refractivity contribution is 0.108. The van der Waals surface area contributed by atoms with Crippen LogP contribution < -0.4 is 5.32 Å². The first-order chi connectivity index (χ1) is 8.84. The van der Waals surface area contributed by atoms with Crippen LogP contribution in [0.1, 0.15) is 31.7 Å². The molecule has 0 fully saturated rings.